The van der Waals surface area contributed by atoms with Crippen LogP contribution in [0, 0.1) is 13.8 Å². The largest absolute Gasteiger partial charge is 0.307 e. The number of benzene rings is 6. The van der Waals surface area contributed by atoms with E-state index in [0.29, 0.717) is 17.5 Å². The second-order valence-corrected chi connectivity index (χ2v) is 12.9. The Morgan fingerprint density at radius 1 is 0.340 bits per heavy atom. The Bertz CT molecular complexity index is 2930. The summed E-state index contributed by atoms with van der Waals surface area (Å²) in [5, 5.41) is 4.77. The van der Waals surface area contributed by atoms with Crippen LogP contribution in [0.25, 0.3) is 88.8 Å². The van der Waals surface area contributed by atoms with Gasteiger partial charge < -0.3 is 8.80 Å². The lowest BCUT2D eigenvalue weighted by Gasteiger charge is -2.13. The molecule has 0 saturated heterocycles. The van der Waals surface area contributed by atoms with Crippen molar-refractivity contribution in [2.45, 2.75) is 13.8 Å². The number of hydrogen-bond donors (Lipinski definition) is 0. The molecule has 0 fully saturated rings. The number of aryl methyl sites for hydroxylation is 2. The summed E-state index contributed by atoms with van der Waals surface area (Å²) in [4.78, 5) is 15.1. The van der Waals surface area contributed by atoms with E-state index in [-0.39, 0.29) is 0 Å². The maximum Gasteiger partial charge on any atom is 0.164 e. The third kappa shape index (κ3) is 4.17. The molecule has 4 heterocycles. The van der Waals surface area contributed by atoms with Crippen molar-refractivity contribution in [3.63, 3.8) is 0 Å². The number of rotatable bonds is 3. The highest BCUT2D eigenvalue weighted by molar-refractivity contribution is 6.13. The smallest absolute Gasteiger partial charge is 0.164 e. The molecule has 10 aromatic rings. The first-order valence-corrected chi connectivity index (χ1v) is 17.0. The van der Waals surface area contributed by atoms with E-state index in [4.69, 9.17) is 15.0 Å². The zero-order valence-corrected chi connectivity index (χ0v) is 27.7. The lowest BCUT2D eigenvalue weighted by Crippen LogP contribution is -2.00. The second kappa shape index (κ2) is 11.0. The van der Waals surface area contributed by atoms with Crippen LogP contribution in [0.2, 0.25) is 0 Å². The number of para-hydroxylation sites is 3. The van der Waals surface area contributed by atoms with Gasteiger partial charge in [0, 0.05) is 38.2 Å². The van der Waals surface area contributed by atoms with E-state index >= 15 is 0 Å². The minimum absolute atomic E-state index is 0.636. The van der Waals surface area contributed by atoms with Gasteiger partial charge in [-0.15, -0.1) is 0 Å². The Morgan fingerprint density at radius 2 is 0.720 bits per heavy atom. The summed E-state index contributed by atoms with van der Waals surface area (Å²) < 4.78 is 4.94. The lowest BCUT2D eigenvalue weighted by molar-refractivity contribution is 1.07. The van der Waals surface area contributed by atoms with Crippen LogP contribution in [-0.2, 0) is 0 Å². The van der Waals surface area contributed by atoms with Crippen LogP contribution in [0.3, 0.4) is 0 Å². The van der Waals surface area contributed by atoms with E-state index in [9.17, 15) is 0 Å². The van der Waals surface area contributed by atoms with Gasteiger partial charge >= 0.3 is 0 Å². The van der Waals surface area contributed by atoms with Crippen molar-refractivity contribution in [2.24, 2.45) is 0 Å². The lowest BCUT2D eigenvalue weighted by atomic mass is 10.1. The molecule has 50 heavy (non-hydrogen) atoms. The van der Waals surface area contributed by atoms with Crippen LogP contribution in [0.1, 0.15) is 11.1 Å². The van der Waals surface area contributed by atoms with Crippen LogP contribution >= 0.6 is 0 Å². The number of aromatic nitrogens is 5. The first-order valence-electron chi connectivity index (χ1n) is 17.0. The number of hydrogen-bond acceptors (Lipinski definition) is 3. The Balaban J connectivity index is 1.39. The molecule has 0 aliphatic rings. The third-order valence-corrected chi connectivity index (χ3v) is 10.1. The van der Waals surface area contributed by atoms with Gasteiger partial charge in [0.05, 0.1) is 33.1 Å². The van der Waals surface area contributed by atoms with Crippen molar-refractivity contribution in [2.75, 3.05) is 0 Å². The standard InChI is InChI=1S/C45H31N5/c1-28-33-19-9-12-22-37(33)49-39-24-14-11-21-35(39)36-27-32(25-26-40(36)50-38-23-13-10-20-34(38)29(2)42(50)41(28)49)45-47-43(30-15-5-3-6-16-30)46-44(48-45)31-17-7-4-8-18-31/h3-27H,1-2H3. The van der Waals surface area contributed by atoms with Gasteiger partial charge in [0.25, 0.3) is 0 Å². The van der Waals surface area contributed by atoms with Crippen molar-refractivity contribution in [3.05, 3.63) is 163 Å². The molecule has 0 amide bonds. The summed E-state index contributed by atoms with van der Waals surface area (Å²) >= 11 is 0. The molecule has 4 aromatic heterocycles. The molecule has 6 aromatic carbocycles. The van der Waals surface area contributed by atoms with Crippen molar-refractivity contribution in [1.82, 2.24) is 23.8 Å². The molecule has 0 N–H and O–H groups in total. The molecule has 0 atom stereocenters. The van der Waals surface area contributed by atoms with E-state index in [0.717, 1.165) is 38.5 Å². The fraction of sp³-hybridized carbons (Fsp3) is 0.0444. The monoisotopic (exact) mass is 641 g/mol. The van der Waals surface area contributed by atoms with Gasteiger partial charge in [0.15, 0.2) is 17.5 Å². The molecular formula is C45H31N5. The predicted octanol–water partition coefficient (Wildman–Crippen LogP) is 11.2. The minimum Gasteiger partial charge on any atom is -0.307 e. The van der Waals surface area contributed by atoms with Crippen molar-refractivity contribution in [3.8, 4) is 34.2 Å². The molecule has 0 aliphatic heterocycles. The first kappa shape index (κ1) is 28.4. The zero-order chi connectivity index (χ0) is 33.3. The average molecular weight is 642 g/mol. The highest BCUT2D eigenvalue weighted by atomic mass is 15.0. The molecule has 10 rings (SSSR count). The molecule has 0 unspecified atom stereocenters. The maximum atomic E-state index is 5.09. The highest BCUT2D eigenvalue weighted by Gasteiger charge is 2.20. The van der Waals surface area contributed by atoms with Crippen LogP contribution in [0.5, 0.6) is 0 Å². The summed E-state index contributed by atoms with van der Waals surface area (Å²) in [6.07, 6.45) is 0. The van der Waals surface area contributed by atoms with E-state index in [1.807, 2.05) is 60.7 Å². The van der Waals surface area contributed by atoms with Crippen molar-refractivity contribution in [1.29, 1.82) is 0 Å². The number of nitrogens with zero attached hydrogens (tertiary/aromatic N) is 5. The number of fused-ring (bicyclic) bond motifs is 12. The zero-order valence-electron chi connectivity index (χ0n) is 27.7. The molecule has 0 saturated carbocycles. The Morgan fingerprint density at radius 3 is 1.22 bits per heavy atom. The Hall–Kier alpha value is -6.59. The fourth-order valence-electron chi connectivity index (χ4n) is 7.79. The minimum atomic E-state index is 0.636. The molecule has 0 spiro atoms. The predicted molar refractivity (Wildman–Crippen MR) is 206 cm³/mol. The summed E-state index contributed by atoms with van der Waals surface area (Å²) in [6.45, 7) is 4.53. The normalized spacial score (nSPS) is 11.8. The maximum absolute atomic E-state index is 5.09. The van der Waals surface area contributed by atoms with Crippen LogP contribution in [0.15, 0.2) is 152 Å². The molecule has 0 radical (unpaired) electrons. The van der Waals surface area contributed by atoms with E-state index in [2.05, 4.69) is 114 Å². The van der Waals surface area contributed by atoms with Crippen LogP contribution in [-0.4, -0.2) is 23.8 Å². The fourth-order valence-corrected chi connectivity index (χ4v) is 7.79. The summed E-state index contributed by atoms with van der Waals surface area (Å²) in [6, 6.07) is 53.3. The molecule has 0 bridgehead atoms. The second-order valence-electron chi connectivity index (χ2n) is 12.9. The molecule has 5 heteroatoms. The van der Waals surface area contributed by atoms with E-state index < -0.39 is 0 Å². The third-order valence-electron chi connectivity index (χ3n) is 10.1. The van der Waals surface area contributed by atoms with Crippen molar-refractivity contribution < 1.29 is 0 Å². The van der Waals surface area contributed by atoms with Gasteiger partial charge in [-0.05, 0) is 61.4 Å². The summed E-state index contributed by atoms with van der Waals surface area (Å²) in [5.41, 5.74) is 12.4. The van der Waals surface area contributed by atoms with E-state index in [1.54, 1.807) is 0 Å². The molecule has 236 valence electrons. The molecule has 5 nitrogen and oxygen atoms in total. The Labute approximate surface area is 288 Å². The van der Waals surface area contributed by atoms with Gasteiger partial charge in [-0.2, -0.15) is 0 Å². The van der Waals surface area contributed by atoms with Gasteiger partial charge in [0.2, 0.25) is 0 Å². The van der Waals surface area contributed by atoms with Crippen molar-refractivity contribution >= 4 is 54.6 Å². The van der Waals surface area contributed by atoms with Crippen LogP contribution < -0.4 is 0 Å². The topological polar surface area (TPSA) is 47.5 Å². The van der Waals surface area contributed by atoms with Gasteiger partial charge in [-0.1, -0.05) is 115 Å². The van der Waals surface area contributed by atoms with Gasteiger partial charge in [0.1, 0.15) is 0 Å². The van der Waals surface area contributed by atoms with Crippen LogP contribution in [0.4, 0.5) is 0 Å². The quantitative estimate of drug-likeness (QED) is 0.193. The summed E-state index contributed by atoms with van der Waals surface area (Å²) in [7, 11) is 0. The average Bonchev–Trinajstić information content (AvgIpc) is 3.63. The Kier molecular flexibility index (Phi) is 6.24. The molecular weight excluding hydrogens is 611 g/mol. The molecule has 0 aliphatic carbocycles. The first-order chi connectivity index (χ1) is 24.7. The van der Waals surface area contributed by atoms with E-state index in [1.165, 1.54) is 44.0 Å². The highest BCUT2D eigenvalue weighted by Crippen LogP contribution is 2.39. The van der Waals surface area contributed by atoms with Gasteiger partial charge in [-0.3, -0.25) is 0 Å². The SMILES string of the molecule is Cc1c2ccccc2n2c3ccccc3c3cc(-c4nc(-c5ccccc5)nc(-c5ccccc5)n4)ccc3n3c4ccccc4c(C)c3c12. The summed E-state index contributed by atoms with van der Waals surface area (Å²) in [5.74, 6) is 1.93. The van der Waals surface area contributed by atoms with Gasteiger partial charge in [-0.25, -0.2) is 15.0 Å².